The molecule has 0 heterocycles. The Hall–Kier alpha value is -0.0800. The van der Waals surface area contributed by atoms with E-state index in [1.807, 2.05) is 0 Å². The first-order valence-corrected chi connectivity index (χ1v) is 8.23. The zero-order valence-corrected chi connectivity index (χ0v) is 12.5. The molecule has 18 heavy (non-hydrogen) atoms. The van der Waals surface area contributed by atoms with Gasteiger partial charge in [0.25, 0.3) is 0 Å². The maximum absolute atomic E-state index is 3.50. The summed E-state index contributed by atoms with van der Waals surface area (Å²) >= 11 is 0. The van der Waals surface area contributed by atoms with Gasteiger partial charge in [0, 0.05) is 19.1 Å². The van der Waals surface area contributed by atoms with E-state index in [0.29, 0.717) is 6.04 Å². The van der Waals surface area contributed by atoms with Crippen molar-refractivity contribution < 1.29 is 0 Å². The third-order valence-corrected chi connectivity index (χ3v) is 4.34. The summed E-state index contributed by atoms with van der Waals surface area (Å²) in [7, 11) is 0. The molecule has 0 aromatic heterocycles. The fourth-order valence-corrected chi connectivity index (χ4v) is 2.82. The maximum Gasteiger partial charge on any atom is 0.00386 e. The molecule has 0 aliphatic heterocycles. The van der Waals surface area contributed by atoms with Crippen LogP contribution >= 0.6 is 0 Å². The SMILES string of the molecule is CCNC(C)CCCCN(CC1CC1)CC1CC1. The molecule has 2 heteroatoms. The Kier molecular flexibility index (Phi) is 5.97. The molecule has 2 rings (SSSR count). The number of hydrogen-bond acceptors (Lipinski definition) is 2. The van der Waals surface area contributed by atoms with Crippen molar-refractivity contribution in [1.82, 2.24) is 10.2 Å². The summed E-state index contributed by atoms with van der Waals surface area (Å²) in [4.78, 5) is 2.77. The quantitative estimate of drug-likeness (QED) is 0.568. The van der Waals surface area contributed by atoms with E-state index in [1.165, 1.54) is 64.6 Å². The molecule has 1 atom stereocenters. The monoisotopic (exact) mass is 252 g/mol. The average Bonchev–Trinajstić information content (AvgIpc) is 3.20. The summed E-state index contributed by atoms with van der Waals surface area (Å²) in [5.74, 6) is 2.12. The minimum absolute atomic E-state index is 0.704. The first-order chi connectivity index (χ1) is 8.78. The van der Waals surface area contributed by atoms with Gasteiger partial charge in [-0.15, -0.1) is 0 Å². The van der Waals surface area contributed by atoms with Gasteiger partial charge in [-0.1, -0.05) is 13.3 Å². The summed E-state index contributed by atoms with van der Waals surface area (Å²) in [6.45, 7) is 9.78. The van der Waals surface area contributed by atoms with E-state index >= 15 is 0 Å². The van der Waals surface area contributed by atoms with Gasteiger partial charge in [-0.05, 0) is 70.4 Å². The minimum Gasteiger partial charge on any atom is -0.315 e. The lowest BCUT2D eigenvalue weighted by atomic mass is 10.1. The van der Waals surface area contributed by atoms with Crippen LogP contribution in [0.4, 0.5) is 0 Å². The zero-order valence-electron chi connectivity index (χ0n) is 12.5. The molecule has 106 valence electrons. The molecule has 2 fully saturated rings. The van der Waals surface area contributed by atoms with Gasteiger partial charge in [0.1, 0.15) is 0 Å². The Bertz CT molecular complexity index is 207. The highest BCUT2D eigenvalue weighted by Gasteiger charge is 2.28. The Balaban J connectivity index is 1.53. The largest absolute Gasteiger partial charge is 0.315 e. The summed E-state index contributed by atoms with van der Waals surface area (Å²) in [6.07, 6.45) is 10.1. The molecule has 1 N–H and O–H groups in total. The number of hydrogen-bond donors (Lipinski definition) is 1. The maximum atomic E-state index is 3.50. The van der Waals surface area contributed by atoms with Gasteiger partial charge in [-0.25, -0.2) is 0 Å². The minimum atomic E-state index is 0.704. The highest BCUT2D eigenvalue weighted by atomic mass is 15.1. The number of unbranched alkanes of at least 4 members (excludes halogenated alkanes) is 1. The van der Waals surface area contributed by atoms with Crippen molar-refractivity contribution >= 4 is 0 Å². The molecule has 0 aromatic carbocycles. The lowest BCUT2D eigenvalue weighted by molar-refractivity contribution is 0.245. The summed E-state index contributed by atoms with van der Waals surface area (Å²) < 4.78 is 0. The van der Waals surface area contributed by atoms with Crippen LogP contribution in [0.25, 0.3) is 0 Å². The lowest BCUT2D eigenvalue weighted by Gasteiger charge is -2.22. The second-order valence-corrected chi connectivity index (χ2v) is 6.60. The van der Waals surface area contributed by atoms with Crippen LogP contribution in [0.1, 0.15) is 58.8 Å². The Labute approximate surface area is 114 Å². The predicted octanol–water partition coefficient (Wildman–Crippen LogP) is 3.28. The van der Waals surface area contributed by atoms with Crippen molar-refractivity contribution in [3.05, 3.63) is 0 Å². The van der Waals surface area contributed by atoms with Crippen LogP contribution in [-0.2, 0) is 0 Å². The van der Waals surface area contributed by atoms with Crippen molar-refractivity contribution in [1.29, 1.82) is 0 Å². The van der Waals surface area contributed by atoms with Gasteiger partial charge < -0.3 is 10.2 Å². The molecule has 0 saturated heterocycles. The standard InChI is InChI=1S/C16H32N2/c1-3-17-14(2)6-4-5-11-18(12-15-7-8-15)13-16-9-10-16/h14-17H,3-13H2,1-2H3. The van der Waals surface area contributed by atoms with Crippen LogP contribution in [0, 0.1) is 11.8 Å². The van der Waals surface area contributed by atoms with Gasteiger partial charge in [0.15, 0.2) is 0 Å². The highest BCUT2D eigenvalue weighted by Crippen LogP contribution is 2.33. The molecule has 2 saturated carbocycles. The molecule has 0 spiro atoms. The molecule has 0 amide bonds. The second kappa shape index (κ2) is 7.49. The first-order valence-electron chi connectivity index (χ1n) is 8.23. The van der Waals surface area contributed by atoms with E-state index in [0.717, 1.165) is 18.4 Å². The molecule has 2 aliphatic rings. The van der Waals surface area contributed by atoms with Crippen LogP contribution < -0.4 is 5.32 Å². The van der Waals surface area contributed by atoms with Crippen molar-refractivity contribution in [2.24, 2.45) is 11.8 Å². The smallest absolute Gasteiger partial charge is 0.00386 e. The van der Waals surface area contributed by atoms with E-state index < -0.39 is 0 Å². The van der Waals surface area contributed by atoms with Gasteiger partial charge in [0.05, 0.1) is 0 Å². The molecular formula is C16H32N2. The van der Waals surface area contributed by atoms with Crippen molar-refractivity contribution in [3.8, 4) is 0 Å². The van der Waals surface area contributed by atoms with Crippen molar-refractivity contribution in [2.75, 3.05) is 26.2 Å². The summed E-state index contributed by atoms with van der Waals surface area (Å²) in [5, 5.41) is 3.50. The van der Waals surface area contributed by atoms with Crippen LogP contribution in [0.2, 0.25) is 0 Å². The van der Waals surface area contributed by atoms with Gasteiger partial charge in [-0.2, -0.15) is 0 Å². The van der Waals surface area contributed by atoms with E-state index in [-0.39, 0.29) is 0 Å². The van der Waals surface area contributed by atoms with Gasteiger partial charge in [-0.3, -0.25) is 0 Å². The molecule has 0 bridgehead atoms. The van der Waals surface area contributed by atoms with Crippen LogP contribution in [0.5, 0.6) is 0 Å². The zero-order chi connectivity index (χ0) is 12.8. The Morgan fingerprint density at radius 3 is 2.17 bits per heavy atom. The molecule has 0 radical (unpaired) electrons. The van der Waals surface area contributed by atoms with E-state index in [1.54, 1.807) is 0 Å². The topological polar surface area (TPSA) is 15.3 Å². The first kappa shape index (κ1) is 14.3. The van der Waals surface area contributed by atoms with Gasteiger partial charge in [0.2, 0.25) is 0 Å². The fraction of sp³-hybridized carbons (Fsp3) is 1.00. The van der Waals surface area contributed by atoms with E-state index in [4.69, 9.17) is 0 Å². The lowest BCUT2D eigenvalue weighted by Crippen LogP contribution is -2.30. The molecule has 2 nitrogen and oxygen atoms in total. The number of nitrogens with zero attached hydrogens (tertiary/aromatic N) is 1. The third-order valence-electron chi connectivity index (χ3n) is 4.34. The molecule has 0 aromatic rings. The van der Waals surface area contributed by atoms with Crippen molar-refractivity contribution in [2.45, 2.75) is 64.8 Å². The predicted molar refractivity (Wildman–Crippen MR) is 78.9 cm³/mol. The fourth-order valence-electron chi connectivity index (χ4n) is 2.82. The Morgan fingerprint density at radius 1 is 1.06 bits per heavy atom. The summed E-state index contributed by atoms with van der Waals surface area (Å²) in [6, 6.07) is 0.704. The molecule has 1 unspecified atom stereocenters. The van der Waals surface area contributed by atoms with Crippen LogP contribution in [0.15, 0.2) is 0 Å². The highest BCUT2D eigenvalue weighted by molar-refractivity contribution is 4.82. The average molecular weight is 252 g/mol. The third kappa shape index (κ3) is 6.19. The molecule has 2 aliphatic carbocycles. The number of nitrogens with one attached hydrogen (secondary N) is 1. The second-order valence-electron chi connectivity index (χ2n) is 6.60. The van der Waals surface area contributed by atoms with E-state index in [9.17, 15) is 0 Å². The number of rotatable bonds is 11. The van der Waals surface area contributed by atoms with E-state index in [2.05, 4.69) is 24.1 Å². The normalized spacial score (nSPS) is 21.5. The summed E-state index contributed by atoms with van der Waals surface area (Å²) in [5.41, 5.74) is 0. The van der Waals surface area contributed by atoms with Gasteiger partial charge >= 0.3 is 0 Å². The van der Waals surface area contributed by atoms with Crippen molar-refractivity contribution in [3.63, 3.8) is 0 Å². The Morgan fingerprint density at radius 2 is 1.67 bits per heavy atom. The van der Waals surface area contributed by atoms with Crippen LogP contribution in [0.3, 0.4) is 0 Å². The molecular weight excluding hydrogens is 220 g/mol. The van der Waals surface area contributed by atoms with Crippen LogP contribution in [-0.4, -0.2) is 37.1 Å².